The molecule has 23 heavy (non-hydrogen) atoms. The van der Waals surface area contributed by atoms with Gasteiger partial charge in [0.25, 0.3) is 0 Å². The Bertz CT molecular complexity index is 708. The Hall–Kier alpha value is -1.75. The van der Waals surface area contributed by atoms with Crippen LogP contribution in [-0.2, 0) is 11.2 Å². The summed E-state index contributed by atoms with van der Waals surface area (Å²) in [6, 6.07) is 7.98. The number of aromatic nitrogens is 1. The van der Waals surface area contributed by atoms with Crippen molar-refractivity contribution in [1.29, 1.82) is 0 Å². The number of rotatable bonds is 5. The van der Waals surface area contributed by atoms with Crippen LogP contribution in [-0.4, -0.2) is 29.3 Å². The molecule has 0 aliphatic heterocycles. The van der Waals surface area contributed by atoms with Crippen LogP contribution in [0.15, 0.2) is 29.3 Å². The molecular formula is C18H24N2O2S. The van der Waals surface area contributed by atoms with Gasteiger partial charge in [-0.2, -0.15) is 0 Å². The van der Waals surface area contributed by atoms with Crippen LogP contribution in [0.5, 0.6) is 5.75 Å². The normalized spacial score (nSPS) is 11.5. The van der Waals surface area contributed by atoms with Gasteiger partial charge in [0.15, 0.2) is 0 Å². The summed E-state index contributed by atoms with van der Waals surface area (Å²) in [5.74, 6) is 1.23. The van der Waals surface area contributed by atoms with Gasteiger partial charge in [0, 0.05) is 10.9 Å². The molecule has 1 aromatic heterocycles. The van der Waals surface area contributed by atoms with Crippen molar-refractivity contribution in [2.24, 2.45) is 0 Å². The first-order valence-electron chi connectivity index (χ1n) is 7.74. The van der Waals surface area contributed by atoms with Crippen molar-refractivity contribution >= 4 is 28.6 Å². The van der Waals surface area contributed by atoms with Gasteiger partial charge in [0.2, 0.25) is 5.91 Å². The quantitative estimate of drug-likeness (QED) is 0.846. The maximum Gasteiger partial charge on any atom is 0.230 e. The minimum absolute atomic E-state index is 0.0289. The smallest absolute Gasteiger partial charge is 0.230 e. The largest absolute Gasteiger partial charge is 0.497 e. The number of aryl methyl sites for hydroxylation is 1. The van der Waals surface area contributed by atoms with E-state index >= 15 is 0 Å². The molecule has 1 aromatic carbocycles. The molecule has 0 atom stereocenters. The zero-order valence-corrected chi connectivity index (χ0v) is 15.2. The fourth-order valence-electron chi connectivity index (χ4n) is 2.27. The van der Waals surface area contributed by atoms with Gasteiger partial charge >= 0.3 is 0 Å². The average Bonchev–Trinajstić information content (AvgIpc) is 2.49. The molecule has 0 spiro atoms. The maximum absolute atomic E-state index is 12.0. The molecule has 0 saturated heterocycles. The monoisotopic (exact) mass is 332 g/mol. The van der Waals surface area contributed by atoms with Crippen LogP contribution in [0, 0.1) is 0 Å². The van der Waals surface area contributed by atoms with E-state index in [1.54, 1.807) is 7.11 Å². The summed E-state index contributed by atoms with van der Waals surface area (Å²) < 4.78 is 5.27. The number of nitrogens with zero attached hydrogens (tertiary/aromatic N) is 1. The molecule has 0 radical (unpaired) electrons. The summed E-state index contributed by atoms with van der Waals surface area (Å²) in [5, 5.41) is 4.96. The number of benzene rings is 1. The highest BCUT2D eigenvalue weighted by Gasteiger charge is 2.15. The number of carbonyl (C=O) groups is 1. The molecule has 2 aromatic rings. The standard InChI is InChI=1S/C18H24N2O2S/c1-6-12-9-13-10-14(22-5)7-8-15(13)19-17(12)23-11-16(21)20-18(2,3)4/h7-10H,6,11H2,1-5H3,(H,20,21). The Morgan fingerprint density at radius 3 is 2.65 bits per heavy atom. The van der Waals surface area contributed by atoms with E-state index in [9.17, 15) is 4.79 Å². The molecule has 0 aliphatic rings. The highest BCUT2D eigenvalue weighted by Crippen LogP contribution is 2.27. The van der Waals surface area contributed by atoms with E-state index in [1.807, 2.05) is 39.0 Å². The van der Waals surface area contributed by atoms with Crippen LogP contribution >= 0.6 is 11.8 Å². The van der Waals surface area contributed by atoms with Crippen LogP contribution < -0.4 is 10.1 Å². The van der Waals surface area contributed by atoms with Crippen molar-refractivity contribution in [3.05, 3.63) is 29.8 Å². The number of hydrogen-bond acceptors (Lipinski definition) is 4. The zero-order chi connectivity index (χ0) is 17.0. The second-order valence-corrected chi connectivity index (χ2v) is 7.42. The van der Waals surface area contributed by atoms with Gasteiger partial charge in [-0.1, -0.05) is 18.7 Å². The molecule has 4 nitrogen and oxygen atoms in total. The van der Waals surface area contributed by atoms with Crippen LogP contribution in [0.3, 0.4) is 0 Å². The predicted molar refractivity (Wildman–Crippen MR) is 96.3 cm³/mol. The lowest BCUT2D eigenvalue weighted by atomic mass is 10.1. The van der Waals surface area contributed by atoms with Gasteiger partial charge in [-0.3, -0.25) is 4.79 Å². The van der Waals surface area contributed by atoms with Crippen LogP contribution in [0.2, 0.25) is 0 Å². The minimum Gasteiger partial charge on any atom is -0.497 e. The number of fused-ring (bicyclic) bond motifs is 1. The summed E-state index contributed by atoms with van der Waals surface area (Å²) in [4.78, 5) is 16.7. The molecule has 124 valence electrons. The van der Waals surface area contributed by atoms with E-state index < -0.39 is 0 Å². The van der Waals surface area contributed by atoms with Gasteiger partial charge in [0.1, 0.15) is 10.8 Å². The van der Waals surface area contributed by atoms with Crippen LogP contribution in [0.4, 0.5) is 0 Å². The number of ether oxygens (including phenoxy) is 1. The first-order valence-corrected chi connectivity index (χ1v) is 8.72. The van der Waals surface area contributed by atoms with E-state index in [0.29, 0.717) is 5.75 Å². The summed E-state index contributed by atoms with van der Waals surface area (Å²) in [7, 11) is 1.66. The SMILES string of the molecule is CCc1cc2cc(OC)ccc2nc1SCC(=O)NC(C)(C)C. The third kappa shape index (κ3) is 4.86. The number of nitrogens with one attached hydrogen (secondary N) is 1. The molecule has 0 bridgehead atoms. The van der Waals surface area contributed by atoms with E-state index in [4.69, 9.17) is 9.72 Å². The highest BCUT2D eigenvalue weighted by atomic mass is 32.2. The molecule has 1 N–H and O–H groups in total. The van der Waals surface area contributed by atoms with Gasteiger partial charge in [-0.25, -0.2) is 4.98 Å². The molecule has 0 aliphatic carbocycles. The number of amides is 1. The minimum atomic E-state index is -0.210. The Kier molecular flexibility index (Phi) is 5.52. The second-order valence-electron chi connectivity index (χ2n) is 6.45. The fraction of sp³-hybridized carbons (Fsp3) is 0.444. The zero-order valence-electron chi connectivity index (χ0n) is 14.4. The number of carbonyl (C=O) groups excluding carboxylic acids is 1. The fourth-order valence-corrected chi connectivity index (χ4v) is 3.17. The average molecular weight is 332 g/mol. The Morgan fingerprint density at radius 2 is 2.04 bits per heavy atom. The molecular weight excluding hydrogens is 308 g/mol. The van der Waals surface area contributed by atoms with Crippen LogP contribution in [0.25, 0.3) is 10.9 Å². The second kappa shape index (κ2) is 7.21. The van der Waals surface area contributed by atoms with Crippen molar-refractivity contribution in [3.63, 3.8) is 0 Å². The van der Waals surface area contributed by atoms with E-state index in [2.05, 4.69) is 18.3 Å². The molecule has 1 heterocycles. The van der Waals surface area contributed by atoms with Crippen LogP contribution in [0.1, 0.15) is 33.3 Å². The summed E-state index contributed by atoms with van der Waals surface area (Å²) in [5.41, 5.74) is 1.86. The van der Waals surface area contributed by atoms with E-state index in [1.165, 1.54) is 11.8 Å². The van der Waals surface area contributed by atoms with Gasteiger partial charge in [0.05, 0.1) is 18.4 Å². The predicted octanol–water partition coefficient (Wildman–Crippen LogP) is 3.81. The van der Waals surface area contributed by atoms with Crippen molar-refractivity contribution in [2.45, 2.75) is 44.7 Å². The first-order chi connectivity index (χ1) is 10.8. The summed E-state index contributed by atoms with van der Waals surface area (Å²) in [6.07, 6.45) is 0.878. The third-order valence-corrected chi connectivity index (χ3v) is 4.33. The topological polar surface area (TPSA) is 51.2 Å². The van der Waals surface area contributed by atoms with Crippen molar-refractivity contribution in [2.75, 3.05) is 12.9 Å². The number of pyridine rings is 1. The Balaban J connectivity index is 2.21. The van der Waals surface area contributed by atoms with Crippen molar-refractivity contribution < 1.29 is 9.53 Å². The Morgan fingerprint density at radius 1 is 1.30 bits per heavy atom. The number of thioether (sulfide) groups is 1. The first kappa shape index (κ1) is 17.6. The van der Waals surface area contributed by atoms with Gasteiger partial charge in [-0.15, -0.1) is 0 Å². The van der Waals surface area contributed by atoms with Crippen molar-refractivity contribution in [1.82, 2.24) is 10.3 Å². The maximum atomic E-state index is 12.0. The van der Waals surface area contributed by atoms with Crippen molar-refractivity contribution in [3.8, 4) is 5.75 Å². The van der Waals surface area contributed by atoms with Gasteiger partial charge < -0.3 is 10.1 Å². The highest BCUT2D eigenvalue weighted by molar-refractivity contribution is 7.99. The molecule has 5 heteroatoms. The van der Waals surface area contributed by atoms with E-state index in [0.717, 1.165) is 33.7 Å². The lowest BCUT2D eigenvalue weighted by Crippen LogP contribution is -2.41. The number of hydrogen-bond donors (Lipinski definition) is 1. The molecule has 1 amide bonds. The van der Waals surface area contributed by atoms with E-state index in [-0.39, 0.29) is 11.4 Å². The lowest BCUT2D eigenvalue weighted by Gasteiger charge is -2.20. The lowest BCUT2D eigenvalue weighted by molar-refractivity contribution is -0.119. The summed E-state index contributed by atoms with van der Waals surface area (Å²) >= 11 is 1.49. The number of methoxy groups -OCH3 is 1. The molecule has 0 fully saturated rings. The molecule has 0 saturated carbocycles. The summed E-state index contributed by atoms with van der Waals surface area (Å²) in [6.45, 7) is 8.04. The molecule has 2 rings (SSSR count). The van der Waals surface area contributed by atoms with Gasteiger partial charge in [-0.05, 0) is 57.0 Å². The Labute approximate surface area is 142 Å². The third-order valence-electron chi connectivity index (χ3n) is 3.30. The molecule has 0 unspecified atom stereocenters.